The Bertz CT molecular complexity index is 584. The largest absolute Gasteiger partial charge is 0.279 e. The zero-order chi connectivity index (χ0) is 17.6. The van der Waals surface area contributed by atoms with Crippen molar-refractivity contribution in [3.05, 3.63) is 35.2 Å². The number of rotatable bonds is 6. The molecule has 6 nitrogen and oxygen atoms in total. The summed E-state index contributed by atoms with van der Waals surface area (Å²) in [6.45, 7) is 9.23. The molecule has 0 atom stereocenters. The molecule has 1 rings (SSSR count). The van der Waals surface area contributed by atoms with Gasteiger partial charge in [-0.3, -0.25) is 24.1 Å². The van der Waals surface area contributed by atoms with E-state index in [-0.39, 0.29) is 5.70 Å². The van der Waals surface area contributed by atoms with Crippen molar-refractivity contribution in [3.8, 4) is 0 Å². The van der Waals surface area contributed by atoms with Crippen LogP contribution < -0.4 is 0 Å². The number of hydrogen-bond acceptors (Lipinski definition) is 6. The highest BCUT2D eigenvalue weighted by atomic mass is 32.2. The molecule has 124 valence electrons. The zero-order valence-corrected chi connectivity index (χ0v) is 14.7. The van der Waals surface area contributed by atoms with Crippen LogP contribution >= 0.6 is 23.5 Å². The van der Waals surface area contributed by atoms with E-state index < -0.39 is 30.2 Å². The summed E-state index contributed by atoms with van der Waals surface area (Å²) in [5, 5.41) is 0. The van der Waals surface area contributed by atoms with Crippen molar-refractivity contribution in [3.63, 3.8) is 0 Å². The monoisotopic (exact) mass is 354 g/mol. The van der Waals surface area contributed by atoms with Gasteiger partial charge in [0.2, 0.25) is 11.8 Å². The van der Waals surface area contributed by atoms with Crippen molar-refractivity contribution < 1.29 is 19.2 Å². The summed E-state index contributed by atoms with van der Waals surface area (Å²) in [4.78, 5) is 50.0. The second kappa shape index (κ2) is 8.73. The quantitative estimate of drug-likeness (QED) is 0.534. The molecule has 1 aliphatic heterocycles. The van der Waals surface area contributed by atoms with E-state index in [0.29, 0.717) is 15.7 Å². The Kier molecular flexibility index (Phi) is 7.31. The Hall–Kier alpha value is -1.80. The van der Waals surface area contributed by atoms with Gasteiger partial charge in [0.05, 0.1) is 4.24 Å². The summed E-state index contributed by atoms with van der Waals surface area (Å²) in [5.41, 5.74) is -0.0670. The van der Waals surface area contributed by atoms with Gasteiger partial charge in [-0.2, -0.15) is 0 Å². The molecule has 0 aromatic carbocycles. The Balaban J connectivity index is 3.44. The Labute approximate surface area is 143 Å². The van der Waals surface area contributed by atoms with Crippen LogP contribution in [0.15, 0.2) is 35.2 Å². The second-order valence-electron chi connectivity index (χ2n) is 4.49. The van der Waals surface area contributed by atoms with Gasteiger partial charge in [-0.15, -0.1) is 36.7 Å². The molecule has 4 amide bonds. The maximum atomic E-state index is 12.6. The summed E-state index contributed by atoms with van der Waals surface area (Å²) in [6.07, 6.45) is 3.30. The van der Waals surface area contributed by atoms with Crippen molar-refractivity contribution in [2.75, 3.05) is 18.1 Å². The van der Waals surface area contributed by atoms with Crippen molar-refractivity contribution >= 4 is 47.2 Å². The van der Waals surface area contributed by atoms with Gasteiger partial charge >= 0.3 is 0 Å². The lowest BCUT2D eigenvalue weighted by atomic mass is 10.2. The molecular formula is C15H18N2O4S2. The molecule has 1 aliphatic rings. The predicted molar refractivity (Wildman–Crippen MR) is 92.3 cm³/mol. The van der Waals surface area contributed by atoms with Crippen LogP contribution in [0.4, 0.5) is 0 Å². The number of carbonyl (C=O) groups is 4. The molecule has 0 aromatic rings. The fourth-order valence-corrected chi connectivity index (χ4v) is 3.75. The molecule has 0 aliphatic carbocycles. The first-order chi connectivity index (χ1) is 10.8. The molecular weight excluding hydrogens is 336 g/mol. The molecule has 0 spiro atoms. The maximum absolute atomic E-state index is 12.6. The van der Waals surface area contributed by atoms with E-state index in [4.69, 9.17) is 0 Å². The van der Waals surface area contributed by atoms with Crippen molar-refractivity contribution in [1.29, 1.82) is 0 Å². The van der Waals surface area contributed by atoms with E-state index >= 15 is 0 Å². The Morgan fingerprint density at radius 1 is 1.09 bits per heavy atom. The topological polar surface area (TPSA) is 74.8 Å². The number of piperazine rings is 1. The van der Waals surface area contributed by atoms with Gasteiger partial charge in [0, 0.05) is 25.4 Å². The van der Waals surface area contributed by atoms with Crippen molar-refractivity contribution in [2.45, 2.75) is 13.8 Å². The van der Waals surface area contributed by atoms with Crippen LogP contribution in [-0.4, -0.2) is 51.5 Å². The molecule has 0 saturated carbocycles. The van der Waals surface area contributed by atoms with Gasteiger partial charge in [0.1, 0.15) is 12.2 Å². The average Bonchev–Trinajstić information content (AvgIpc) is 2.48. The molecule has 0 bridgehead atoms. The lowest BCUT2D eigenvalue weighted by Crippen LogP contribution is -2.55. The Morgan fingerprint density at radius 2 is 1.61 bits per heavy atom. The van der Waals surface area contributed by atoms with Crippen LogP contribution in [-0.2, 0) is 19.2 Å². The fourth-order valence-electron chi connectivity index (χ4n) is 1.84. The lowest BCUT2D eigenvalue weighted by molar-refractivity contribution is -0.157. The van der Waals surface area contributed by atoms with E-state index in [1.54, 1.807) is 12.2 Å². The van der Waals surface area contributed by atoms with Crippen LogP contribution in [0.25, 0.3) is 0 Å². The number of amides is 4. The van der Waals surface area contributed by atoms with Crippen LogP contribution in [0.5, 0.6) is 0 Å². The SMILES string of the molecule is C=CCSC(SCC=C)=C1C(=O)N(C(C)=O)CC(=O)N1C(C)=O. The number of imide groups is 2. The van der Waals surface area contributed by atoms with Gasteiger partial charge in [0.25, 0.3) is 11.8 Å². The normalized spacial score (nSPS) is 14.8. The third kappa shape index (κ3) is 4.59. The van der Waals surface area contributed by atoms with Gasteiger partial charge in [-0.1, -0.05) is 12.2 Å². The molecule has 0 radical (unpaired) electrons. The second-order valence-corrected chi connectivity index (χ2v) is 6.81. The smallest absolute Gasteiger partial charge is 0.275 e. The van der Waals surface area contributed by atoms with Gasteiger partial charge in [-0.25, -0.2) is 4.90 Å². The van der Waals surface area contributed by atoms with Crippen LogP contribution in [0.3, 0.4) is 0 Å². The first kappa shape index (κ1) is 19.2. The maximum Gasteiger partial charge on any atom is 0.279 e. The van der Waals surface area contributed by atoms with E-state index in [1.165, 1.54) is 37.4 Å². The summed E-state index contributed by atoms with van der Waals surface area (Å²) < 4.78 is 0.490. The average molecular weight is 354 g/mol. The van der Waals surface area contributed by atoms with Crippen molar-refractivity contribution in [2.24, 2.45) is 0 Å². The summed E-state index contributed by atoms with van der Waals surface area (Å²) in [7, 11) is 0. The minimum atomic E-state index is -0.643. The highest BCUT2D eigenvalue weighted by Gasteiger charge is 2.41. The summed E-state index contributed by atoms with van der Waals surface area (Å²) in [6, 6.07) is 0. The van der Waals surface area contributed by atoms with Crippen LogP contribution in [0, 0.1) is 0 Å². The standard InChI is InChI=1S/C15H18N2O4S2/c1-5-7-22-15(23-8-6-2)13-14(21)16(10(3)18)9-12(20)17(13)11(4)19/h5-6H,1-2,7-9H2,3-4H3. The van der Waals surface area contributed by atoms with E-state index in [9.17, 15) is 19.2 Å². The van der Waals surface area contributed by atoms with Gasteiger partial charge < -0.3 is 0 Å². The van der Waals surface area contributed by atoms with Crippen molar-refractivity contribution in [1.82, 2.24) is 9.80 Å². The lowest BCUT2D eigenvalue weighted by Gasteiger charge is -2.33. The van der Waals surface area contributed by atoms with E-state index in [2.05, 4.69) is 13.2 Å². The highest BCUT2D eigenvalue weighted by Crippen LogP contribution is 2.35. The molecule has 8 heteroatoms. The van der Waals surface area contributed by atoms with Crippen LogP contribution in [0.1, 0.15) is 13.8 Å². The van der Waals surface area contributed by atoms with E-state index in [1.807, 2.05) is 0 Å². The number of thioether (sulfide) groups is 2. The van der Waals surface area contributed by atoms with Crippen LogP contribution in [0.2, 0.25) is 0 Å². The zero-order valence-electron chi connectivity index (χ0n) is 13.0. The highest BCUT2D eigenvalue weighted by molar-refractivity contribution is 8.22. The molecule has 0 unspecified atom stereocenters. The van der Waals surface area contributed by atoms with Gasteiger partial charge in [0.15, 0.2) is 0 Å². The van der Waals surface area contributed by atoms with E-state index in [0.717, 1.165) is 9.80 Å². The number of hydrogen-bond donors (Lipinski definition) is 0. The molecule has 1 fully saturated rings. The fraction of sp³-hybridized carbons (Fsp3) is 0.333. The number of carbonyl (C=O) groups excluding carboxylic acids is 4. The summed E-state index contributed by atoms with van der Waals surface area (Å²) in [5.74, 6) is -1.34. The molecule has 0 N–H and O–H groups in total. The predicted octanol–water partition coefficient (Wildman–Crippen LogP) is 1.76. The third-order valence-corrected chi connectivity index (χ3v) is 5.19. The Morgan fingerprint density at radius 3 is 2.00 bits per heavy atom. The molecule has 23 heavy (non-hydrogen) atoms. The minimum Gasteiger partial charge on any atom is -0.275 e. The third-order valence-electron chi connectivity index (χ3n) is 2.77. The first-order valence-electron chi connectivity index (χ1n) is 6.72. The molecule has 1 heterocycles. The number of nitrogens with zero attached hydrogens (tertiary/aromatic N) is 2. The molecule has 1 saturated heterocycles. The molecule has 0 aromatic heterocycles. The first-order valence-corrected chi connectivity index (χ1v) is 8.69. The van der Waals surface area contributed by atoms with Gasteiger partial charge in [-0.05, 0) is 0 Å². The minimum absolute atomic E-state index is 0.0670. The summed E-state index contributed by atoms with van der Waals surface area (Å²) >= 11 is 2.56.